The van der Waals surface area contributed by atoms with Crippen molar-refractivity contribution in [3.8, 4) is 0 Å². The highest BCUT2D eigenvalue weighted by Gasteiger charge is 2.45. The van der Waals surface area contributed by atoms with Crippen molar-refractivity contribution in [1.29, 1.82) is 0 Å². The molecule has 38 heavy (non-hydrogen) atoms. The predicted octanol–water partition coefficient (Wildman–Crippen LogP) is 3.20. The maximum Gasteiger partial charge on any atom is 0.264 e. The quantitative estimate of drug-likeness (QED) is 0.201. The molecule has 2 aliphatic heterocycles. The van der Waals surface area contributed by atoms with E-state index in [1.54, 1.807) is 18.2 Å². The van der Waals surface area contributed by atoms with Crippen molar-refractivity contribution in [2.24, 2.45) is 0 Å². The number of halogens is 1. The summed E-state index contributed by atoms with van der Waals surface area (Å²) in [6.07, 6.45) is 4.74. The predicted molar refractivity (Wildman–Crippen MR) is 139 cm³/mol. The number of carbonyl (C=O) groups is 5. The summed E-state index contributed by atoms with van der Waals surface area (Å²) in [5.41, 5.74) is 7.31. The molecule has 5 N–H and O–H groups in total. The topological polar surface area (TPSA) is 151 Å². The highest BCUT2D eigenvalue weighted by Crippen LogP contribution is 2.32. The Balaban J connectivity index is 1.19. The zero-order chi connectivity index (χ0) is 27.2. The Morgan fingerprint density at radius 2 is 1.76 bits per heavy atom. The molecule has 200 valence electrons. The molecule has 1 fully saturated rings. The minimum Gasteiger partial charge on any atom is -0.397 e. The Kier molecular flexibility index (Phi) is 8.35. The van der Waals surface area contributed by atoms with Gasteiger partial charge in [-0.3, -0.25) is 34.2 Å². The van der Waals surface area contributed by atoms with E-state index in [1.165, 1.54) is 12.1 Å². The number of nitrogens with zero attached hydrogens (tertiary/aromatic N) is 1. The van der Waals surface area contributed by atoms with E-state index < -0.39 is 35.5 Å². The summed E-state index contributed by atoms with van der Waals surface area (Å²) in [5.74, 6) is -2.75. The van der Waals surface area contributed by atoms with E-state index in [1.807, 2.05) is 0 Å². The third-order valence-corrected chi connectivity index (χ3v) is 6.65. The molecular formula is C27H30FN5O5. The van der Waals surface area contributed by atoms with Crippen molar-refractivity contribution < 1.29 is 28.4 Å². The maximum absolute atomic E-state index is 13.1. The Bertz CT molecular complexity index is 1280. The fourth-order valence-electron chi connectivity index (χ4n) is 4.69. The first-order chi connectivity index (χ1) is 18.3. The van der Waals surface area contributed by atoms with Crippen LogP contribution in [-0.2, 0) is 14.4 Å². The average molecular weight is 524 g/mol. The number of unbranched alkanes of at least 4 members (excludes halogenated alkanes) is 4. The number of imide groups is 2. The molecule has 2 aliphatic rings. The van der Waals surface area contributed by atoms with Gasteiger partial charge in [0.05, 0.1) is 22.5 Å². The molecular weight excluding hydrogens is 493 g/mol. The SMILES string of the molecule is Nc1cc(F)ccc1NC(=O)CCCCCCCNc1cccc2c1C(=O)N(C1CCC(=O)NC1=O)C2=O. The Labute approximate surface area is 219 Å². The van der Waals surface area contributed by atoms with Gasteiger partial charge in [-0.05, 0) is 49.6 Å². The largest absolute Gasteiger partial charge is 0.397 e. The van der Waals surface area contributed by atoms with Crippen LogP contribution >= 0.6 is 0 Å². The van der Waals surface area contributed by atoms with Gasteiger partial charge in [0, 0.05) is 25.1 Å². The number of nitrogen functional groups attached to an aromatic ring is 1. The zero-order valence-electron chi connectivity index (χ0n) is 20.8. The highest BCUT2D eigenvalue weighted by molar-refractivity contribution is 6.25. The molecule has 2 aromatic carbocycles. The van der Waals surface area contributed by atoms with E-state index in [4.69, 9.17) is 5.73 Å². The Hall–Kier alpha value is -4.28. The molecule has 0 radical (unpaired) electrons. The number of anilines is 3. The van der Waals surface area contributed by atoms with Gasteiger partial charge in [-0.1, -0.05) is 25.3 Å². The summed E-state index contributed by atoms with van der Waals surface area (Å²) in [7, 11) is 0. The third-order valence-electron chi connectivity index (χ3n) is 6.65. The molecule has 1 atom stereocenters. The van der Waals surface area contributed by atoms with E-state index in [2.05, 4.69) is 16.0 Å². The summed E-state index contributed by atoms with van der Waals surface area (Å²) >= 11 is 0. The molecule has 11 heteroatoms. The van der Waals surface area contributed by atoms with Gasteiger partial charge in [-0.15, -0.1) is 0 Å². The lowest BCUT2D eigenvalue weighted by molar-refractivity contribution is -0.136. The van der Waals surface area contributed by atoms with Crippen LogP contribution in [-0.4, -0.2) is 47.0 Å². The van der Waals surface area contributed by atoms with Crippen molar-refractivity contribution in [3.63, 3.8) is 0 Å². The van der Waals surface area contributed by atoms with E-state index in [0.717, 1.165) is 36.6 Å². The lowest BCUT2D eigenvalue weighted by Gasteiger charge is -2.27. The molecule has 10 nitrogen and oxygen atoms in total. The minimum atomic E-state index is -0.997. The first-order valence-corrected chi connectivity index (χ1v) is 12.7. The Morgan fingerprint density at radius 1 is 1.00 bits per heavy atom. The fraction of sp³-hybridized carbons (Fsp3) is 0.370. The van der Waals surface area contributed by atoms with Crippen LogP contribution in [0.1, 0.15) is 72.1 Å². The van der Waals surface area contributed by atoms with Gasteiger partial charge in [0.15, 0.2) is 0 Å². The third kappa shape index (κ3) is 5.99. The van der Waals surface area contributed by atoms with Gasteiger partial charge in [-0.25, -0.2) is 4.39 Å². The summed E-state index contributed by atoms with van der Waals surface area (Å²) in [6.45, 7) is 0.584. The van der Waals surface area contributed by atoms with Gasteiger partial charge in [-0.2, -0.15) is 0 Å². The van der Waals surface area contributed by atoms with Crippen molar-refractivity contribution in [2.45, 2.75) is 57.4 Å². The van der Waals surface area contributed by atoms with E-state index >= 15 is 0 Å². The smallest absolute Gasteiger partial charge is 0.264 e. The summed E-state index contributed by atoms with van der Waals surface area (Å²) in [6, 6.07) is 7.82. The van der Waals surface area contributed by atoms with Crippen LogP contribution in [0.5, 0.6) is 0 Å². The number of amides is 5. The van der Waals surface area contributed by atoms with Crippen LogP contribution < -0.4 is 21.7 Å². The number of carbonyl (C=O) groups excluding carboxylic acids is 5. The van der Waals surface area contributed by atoms with Gasteiger partial charge in [0.2, 0.25) is 17.7 Å². The summed E-state index contributed by atoms with van der Waals surface area (Å²) < 4.78 is 13.1. The number of rotatable bonds is 11. The zero-order valence-corrected chi connectivity index (χ0v) is 20.8. The van der Waals surface area contributed by atoms with Crippen LogP contribution in [0.2, 0.25) is 0 Å². The van der Waals surface area contributed by atoms with Gasteiger partial charge >= 0.3 is 0 Å². The van der Waals surface area contributed by atoms with E-state index in [0.29, 0.717) is 30.8 Å². The number of benzene rings is 2. The van der Waals surface area contributed by atoms with Crippen molar-refractivity contribution >= 4 is 46.6 Å². The number of nitrogens with two attached hydrogens (primary N) is 1. The van der Waals surface area contributed by atoms with Crippen molar-refractivity contribution in [1.82, 2.24) is 10.2 Å². The molecule has 0 spiro atoms. The van der Waals surface area contributed by atoms with E-state index in [9.17, 15) is 28.4 Å². The molecule has 0 saturated carbocycles. The second kappa shape index (κ2) is 11.8. The second-order valence-corrected chi connectivity index (χ2v) is 9.40. The molecule has 2 aromatic rings. The number of nitrogens with one attached hydrogen (secondary N) is 3. The van der Waals surface area contributed by atoms with Crippen LogP contribution in [0.3, 0.4) is 0 Å². The fourth-order valence-corrected chi connectivity index (χ4v) is 4.69. The summed E-state index contributed by atoms with van der Waals surface area (Å²) in [5, 5.41) is 8.11. The van der Waals surface area contributed by atoms with Crippen LogP contribution in [0, 0.1) is 5.82 Å². The van der Waals surface area contributed by atoms with Gasteiger partial charge in [0.1, 0.15) is 11.9 Å². The average Bonchev–Trinajstić information content (AvgIpc) is 3.13. The normalized spacial score (nSPS) is 16.9. The van der Waals surface area contributed by atoms with E-state index in [-0.39, 0.29) is 35.6 Å². The molecule has 2 heterocycles. The number of piperidine rings is 1. The second-order valence-electron chi connectivity index (χ2n) is 9.40. The molecule has 5 amide bonds. The monoisotopic (exact) mass is 523 g/mol. The maximum atomic E-state index is 13.1. The molecule has 0 aromatic heterocycles. The van der Waals surface area contributed by atoms with Crippen LogP contribution in [0.25, 0.3) is 0 Å². The Morgan fingerprint density at radius 3 is 2.53 bits per heavy atom. The number of hydrogen-bond donors (Lipinski definition) is 4. The first kappa shape index (κ1) is 26.8. The van der Waals surface area contributed by atoms with Crippen LogP contribution in [0.15, 0.2) is 36.4 Å². The van der Waals surface area contributed by atoms with Gasteiger partial charge in [0.25, 0.3) is 11.8 Å². The van der Waals surface area contributed by atoms with Crippen LogP contribution in [0.4, 0.5) is 21.5 Å². The molecule has 0 aliphatic carbocycles. The first-order valence-electron chi connectivity index (χ1n) is 12.7. The minimum absolute atomic E-state index is 0.0719. The lowest BCUT2D eigenvalue weighted by Crippen LogP contribution is -2.54. The molecule has 1 unspecified atom stereocenters. The number of hydrogen-bond acceptors (Lipinski definition) is 7. The van der Waals surface area contributed by atoms with Crippen molar-refractivity contribution in [3.05, 3.63) is 53.3 Å². The highest BCUT2D eigenvalue weighted by atomic mass is 19.1. The lowest BCUT2D eigenvalue weighted by atomic mass is 10.0. The van der Waals surface area contributed by atoms with Gasteiger partial charge < -0.3 is 16.4 Å². The number of fused-ring (bicyclic) bond motifs is 1. The molecule has 4 rings (SSSR count). The standard InChI is InChI=1S/C27H30FN5O5/c28-16-10-11-19(18(29)15-16)31-22(34)9-4-2-1-3-5-14-30-20-8-6-7-17-24(20)27(38)33(26(17)37)21-12-13-23(35)32-25(21)36/h6-8,10-11,15,21,30H,1-5,9,12-14,29H2,(H,31,34)(H,32,35,36). The van der Waals surface area contributed by atoms with Crippen molar-refractivity contribution in [2.75, 3.05) is 22.9 Å². The summed E-state index contributed by atoms with van der Waals surface area (Å²) in [4.78, 5) is 62.8. The molecule has 1 saturated heterocycles. The molecule has 0 bridgehead atoms.